The normalized spacial score (nSPS) is 10.7. The quantitative estimate of drug-likeness (QED) is 0.377. The van der Waals surface area contributed by atoms with Crippen LogP contribution in [0.3, 0.4) is 0 Å². The molecular weight excluding hydrogens is 394 g/mol. The minimum absolute atomic E-state index is 0.0342. The SMILES string of the molecule is CN(C)C(=O)CSc1ccccc1C(=O)OCc1cc(=O)oc2cc(O)ccc12. The molecule has 0 aliphatic heterocycles. The Hall–Kier alpha value is -3.26. The zero-order valence-corrected chi connectivity index (χ0v) is 16.7. The molecule has 1 aromatic heterocycles. The summed E-state index contributed by atoms with van der Waals surface area (Å²) in [4.78, 5) is 38.3. The van der Waals surface area contributed by atoms with Crippen LogP contribution in [0.4, 0.5) is 0 Å². The Morgan fingerprint density at radius 1 is 1.14 bits per heavy atom. The summed E-state index contributed by atoms with van der Waals surface area (Å²) in [7, 11) is 3.34. The van der Waals surface area contributed by atoms with E-state index >= 15 is 0 Å². The number of hydrogen-bond acceptors (Lipinski definition) is 7. The number of carbonyl (C=O) groups is 2. The maximum atomic E-state index is 12.6. The fraction of sp³-hybridized carbons (Fsp3) is 0.190. The van der Waals surface area contributed by atoms with Crippen LogP contribution in [-0.4, -0.2) is 41.7 Å². The van der Waals surface area contributed by atoms with Crippen LogP contribution in [0.25, 0.3) is 11.0 Å². The summed E-state index contributed by atoms with van der Waals surface area (Å²) in [6.45, 7) is -0.138. The van der Waals surface area contributed by atoms with E-state index in [1.165, 1.54) is 34.9 Å². The van der Waals surface area contributed by atoms with E-state index in [4.69, 9.17) is 9.15 Å². The topological polar surface area (TPSA) is 97.0 Å². The number of ether oxygens (including phenoxy) is 1. The molecule has 29 heavy (non-hydrogen) atoms. The molecule has 7 nitrogen and oxygen atoms in total. The Bertz CT molecular complexity index is 1120. The Morgan fingerprint density at radius 2 is 1.90 bits per heavy atom. The third-order valence-corrected chi connectivity index (χ3v) is 5.19. The van der Waals surface area contributed by atoms with Crippen LogP contribution in [0.1, 0.15) is 15.9 Å². The van der Waals surface area contributed by atoms with Crippen LogP contribution >= 0.6 is 11.8 Å². The van der Waals surface area contributed by atoms with E-state index in [1.807, 2.05) is 0 Å². The van der Waals surface area contributed by atoms with Gasteiger partial charge in [-0.25, -0.2) is 9.59 Å². The number of carbonyl (C=O) groups excluding carboxylic acids is 2. The van der Waals surface area contributed by atoms with Crippen molar-refractivity contribution in [3.63, 3.8) is 0 Å². The Balaban J connectivity index is 1.78. The molecule has 1 amide bonds. The number of esters is 1. The average Bonchev–Trinajstić information content (AvgIpc) is 2.69. The molecular formula is C21H19NO6S. The van der Waals surface area contributed by atoms with Crippen molar-refractivity contribution in [2.45, 2.75) is 11.5 Å². The first-order chi connectivity index (χ1) is 13.8. The van der Waals surface area contributed by atoms with Gasteiger partial charge in [0.2, 0.25) is 5.91 Å². The van der Waals surface area contributed by atoms with Gasteiger partial charge in [0.05, 0.1) is 11.3 Å². The van der Waals surface area contributed by atoms with Crippen molar-refractivity contribution < 1.29 is 23.8 Å². The van der Waals surface area contributed by atoms with E-state index < -0.39 is 11.6 Å². The molecule has 3 rings (SSSR count). The standard InChI is InChI=1S/C21H19NO6S/c1-22(2)19(24)12-29-18-6-4-3-5-16(18)21(26)27-11-13-9-20(25)28-17-10-14(23)7-8-15(13)17/h3-10,23H,11-12H2,1-2H3. The molecule has 1 N–H and O–H groups in total. The van der Waals surface area contributed by atoms with Crippen molar-refractivity contribution in [2.24, 2.45) is 0 Å². The second-order valence-corrected chi connectivity index (χ2v) is 7.44. The van der Waals surface area contributed by atoms with E-state index in [-0.39, 0.29) is 29.6 Å². The monoisotopic (exact) mass is 413 g/mol. The van der Waals surface area contributed by atoms with Gasteiger partial charge in [0.25, 0.3) is 0 Å². The molecule has 0 fully saturated rings. The molecule has 0 atom stereocenters. The Morgan fingerprint density at radius 3 is 2.66 bits per heavy atom. The lowest BCUT2D eigenvalue weighted by atomic mass is 10.1. The van der Waals surface area contributed by atoms with Crippen molar-refractivity contribution in [1.29, 1.82) is 0 Å². The summed E-state index contributed by atoms with van der Waals surface area (Å²) >= 11 is 1.26. The molecule has 0 saturated heterocycles. The fourth-order valence-electron chi connectivity index (χ4n) is 2.59. The summed E-state index contributed by atoms with van der Waals surface area (Å²) in [6, 6.07) is 12.5. The van der Waals surface area contributed by atoms with Crippen LogP contribution in [0.15, 0.2) is 62.6 Å². The number of amides is 1. The third-order valence-electron chi connectivity index (χ3n) is 4.13. The minimum atomic E-state index is -0.604. The number of fused-ring (bicyclic) bond motifs is 1. The van der Waals surface area contributed by atoms with Crippen molar-refractivity contribution in [3.05, 3.63) is 70.1 Å². The van der Waals surface area contributed by atoms with Gasteiger partial charge >= 0.3 is 11.6 Å². The van der Waals surface area contributed by atoms with E-state index in [2.05, 4.69) is 0 Å². The summed E-state index contributed by atoms with van der Waals surface area (Å²) < 4.78 is 10.5. The number of nitrogens with zero attached hydrogens (tertiary/aromatic N) is 1. The van der Waals surface area contributed by atoms with E-state index in [1.54, 1.807) is 44.4 Å². The maximum Gasteiger partial charge on any atom is 0.339 e. The van der Waals surface area contributed by atoms with Crippen LogP contribution < -0.4 is 5.63 Å². The molecule has 1 heterocycles. The number of thioether (sulfide) groups is 1. The predicted octanol–water partition coefficient (Wildman–Crippen LogP) is 3.04. The molecule has 0 unspecified atom stereocenters. The zero-order chi connectivity index (χ0) is 21.0. The van der Waals surface area contributed by atoms with Crippen LogP contribution in [0.2, 0.25) is 0 Å². The fourth-order valence-corrected chi connectivity index (χ4v) is 3.61. The van der Waals surface area contributed by atoms with Gasteiger partial charge in [-0.15, -0.1) is 11.8 Å². The molecule has 8 heteroatoms. The third kappa shape index (κ3) is 4.97. The molecule has 0 radical (unpaired) electrons. The summed E-state index contributed by atoms with van der Waals surface area (Å²) in [5.74, 6) is -0.465. The number of phenols is 1. The zero-order valence-electron chi connectivity index (χ0n) is 15.9. The molecule has 0 aliphatic rings. The van der Waals surface area contributed by atoms with Gasteiger partial charge in [-0.1, -0.05) is 12.1 Å². The first-order valence-corrected chi connectivity index (χ1v) is 9.68. The van der Waals surface area contributed by atoms with Gasteiger partial charge in [-0.3, -0.25) is 4.79 Å². The highest BCUT2D eigenvalue weighted by Gasteiger charge is 2.16. The highest BCUT2D eigenvalue weighted by molar-refractivity contribution is 8.00. The van der Waals surface area contributed by atoms with Crippen LogP contribution in [-0.2, 0) is 16.1 Å². The van der Waals surface area contributed by atoms with Gasteiger partial charge in [-0.05, 0) is 24.3 Å². The smallest absolute Gasteiger partial charge is 0.339 e. The first-order valence-electron chi connectivity index (χ1n) is 8.70. The van der Waals surface area contributed by atoms with Gasteiger partial charge in [0.1, 0.15) is 17.9 Å². The van der Waals surface area contributed by atoms with Crippen LogP contribution in [0, 0.1) is 0 Å². The lowest BCUT2D eigenvalue weighted by molar-refractivity contribution is -0.125. The number of phenolic OH excluding ortho intramolecular Hbond substituents is 1. The Kier molecular flexibility index (Phi) is 6.23. The van der Waals surface area contributed by atoms with Gasteiger partial charge in [-0.2, -0.15) is 0 Å². The van der Waals surface area contributed by atoms with Gasteiger partial charge in [0.15, 0.2) is 0 Å². The second-order valence-electron chi connectivity index (χ2n) is 6.42. The van der Waals surface area contributed by atoms with Gasteiger partial charge in [0, 0.05) is 42.1 Å². The van der Waals surface area contributed by atoms with Crippen molar-refractivity contribution in [2.75, 3.05) is 19.8 Å². The van der Waals surface area contributed by atoms with Gasteiger partial charge < -0.3 is 19.2 Å². The average molecular weight is 413 g/mol. The molecule has 0 saturated carbocycles. The predicted molar refractivity (Wildman–Crippen MR) is 109 cm³/mol. The Labute approximate surface area is 170 Å². The number of rotatable bonds is 6. The highest BCUT2D eigenvalue weighted by Crippen LogP contribution is 2.25. The lowest BCUT2D eigenvalue weighted by Crippen LogP contribution is -2.23. The molecule has 0 aliphatic carbocycles. The summed E-state index contributed by atoms with van der Waals surface area (Å²) in [5, 5.41) is 10.1. The lowest BCUT2D eigenvalue weighted by Gasteiger charge is -2.12. The molecule has 2 aromatic carbocycles. The van der Waals surface area contributed by atoms with E-state index in [0.717, 1.165) is 0 Å². The maximum absolute atomic E-state index is 12.6. The minimum Gasteiger partial charge on any atom is -0.508 e. The van der Waals surface area contributed by atoms with E-state index in [0.29, 0.717) is 21.4 Å². The molecule has 150 valence electrons. The van der Waals surface area contributed by atoms with Crippen molar-refractivity contribution in [1.82, 2.24) is 4.90 Å². The first kappa shape index (κ1) is 20.5. The van der Waals surface area contributed by atoms with E-state index in [9.17, 15) is 19.5 Å². The van der Waals surface area contributed by atoms with Crippen LogP contribution in [0.5, 0.6) is 5.75 Å². The largest absolute Gasteiger partial charge is 0.508 e. The number of hydrogen-bond donors (Lipinski definition) is 1. The second kappa shape index (κ2) is 8.83. The summed E-state index contributed by atoms with van der Waals surface area (Å²) in [5.41, 5.74) is 0.417. The van der Waals surface area contributed by atoms with Crippen molar-refractivity contribution >= 4 is 34.6 Å². The molecule has 0 spiro atoms. The summed E-state index contributed by atoms with van der Waals surface area (Å²) in [6.07, 6.45) is 0. The highest BCUT2D eigenvalue weighted by atomic mass is 32.2. The molecule has 0 bridgehead atoms. The number of aromatic hydroxyl groups is 1. The molecule has 3 aromatic rings. The van der Waals surface area contributed by atoms with Crippen molar-refractivity contribution in [3.8, 4) is 5.75 Å². The number of benzene rings is 2.